The Morgan fingerprint density at radius 3 is 2.80 bits per heavy atom. The predicted molar refractivity (Wildman–Crippen MR) is 83.7 cm³/mol. The quantitative estimate of drug-likeness (QED) is 0.884. The van der Waals surface area contributed by atoms with E-state index in [1.807, 2.05) is 19.1 Å². The van der Waals surface area contributed by atoms with Crippen LogP contribution in [0.4, 0.5) is 5.69 Å². The molecule has 20 heavy (non-hydrogen) atoms. The lowest BCUT2D eigenvalue weighted by Gasteiger charge is -2.37. The highest BCUT2D eigenvalue weighted by Gasteiger charge is 2.37. The molecule has 1 aromatic carbocycles. The van der Waals surface area contributed by atoms with Crippen molar-refractivity contribution in [2.45, 2.75) is 57.9 Å². The van der Waals surface area contributed by atoms with Crippen molar-refractivity contribution in [3.05, 3.63) is 29.8 Å². The van der Waals surface area contributed by atoms with E-state index in [1.54, 1.807) is 0 Å². The number of benzene rings is 1. The van der Waals surface area contributed by atoms with Crippen molar-refractivity contribution in [1.82, 2.24) is 0 Å². The molecule has 0 saturated heterocycles. The molecule has 0 aromatic heterocycles. The Morgan fingerprint density at radius 1 is 1.40 bits per heavy atom. The Balaban J connectivity index is 2.09. The molecular formula is C17H26N2O. The first kappa shape index (κ1) is 15.0. The first-order valence-electron chi connectivity index (χ1n) is 7.60. The van der Waals surface area contributed by atoms with Crippen molar-refractivity contribution in [2.75, 3.05) is 5.32 Å². The fourth-order valence-corrected chi connectivity index (χ4v) is 2.99. The van der Waals surface area contributed by atoms with Crippen LogP contribution in [-0.2, 0) is 4.79 Å². The Morgan fingerprint density at radius 2 is 2.15 bits per heavy atom. The number of carbonyl (C=O) groups is 1. The molecule has 1 fully saturated rings. The molecule has 3 nitrogen and oxygen atoms in total. The SMILES string of the molecule is CC(C)c1cccc(NC(=O)C2CCCCC2(C)N)c1. The van der Waals surface area contributed by atoms with Crippen LogP contribution in [0.2, 0.25) is 0 Å². The van der Waals surface area contributed by atoms with Gasteiger partial charge in [0.15, 0.2) is 0 Å². The van der Waals surface area contributed by atoms with Gasteiger partial charge in [-0.1, -0.05) is 38.8 Å². The number of hydrogen-bond acceptors (Lipinski definition) is 2. The molecule has 110 valence electrons. The van der Waals surface area contributed by atoms with Crippen LogP contribution < -0.4 is 11.1 Å². The van der Waals surface area contributed by atoms with Gasteiger partial charge in [-0.3, -0.25) is 4.79 Å². The zero-order valence-corrected chi connectivity index (χ0v) is 12.8. The Bertz CT molecular complexity index is 480. The first-order chi connectivity index (χ1) is 9.40. The number of nitrogens with two attached hydrogens (primary N) is 1. The summed E-state index contributed by atoms with van der Waals surface area (Å²) in [6.07, 6.45) is 4.04. The second-order valence-electron chi connectivity index (χ2n) is 6.57. The zero-order chi connectivity index (χ0) is 14.8. The van der Waals surface area contributed by atoms with Gasteiger partial charge in [0.05, 0.1) is 5.92 Å². The number of anilines is 1. The van der Waals surface area contributed by atoms with E-state index in [2.05, 4.69) is 31.3 Å². The monoisotopic (exact) mass is 274 g/mol. The van der Waals surface area contributed by atoms with E-state index in [-0.39, 0.29) is 17.4 Å². The molecule has 0 bridgehead atoms. The third kappa shape index (κ3) is 3.40. The van der Waals surface area contributed by atoms with Crippen LogP contribution in [0.5, 0.6) is 0 Å². The normalized spacial score (nSPS) is 26.6. The maximum absolute atomic E-state index is 12.5. The van der Waals surface area contributed by atoms with Gasteiger partial charge in [-0.05, 0) is 43.4 Å². The first-order valence-corrected chi connectivity index (χ1v) is 7.60. The Labute approximate surface area is 121 Å². The number of rotatable bonds is 3. The molecule has 1 amide bonds. The van der Waals surface area contributed by atoms with Crippen molar-refractivity contribution in [2.24, 2.45) is 11.7 Å². The molecule has 1 aromatic rings. The summed E-state index contributed by atoms with van der Waals surface area (Å²) in [6.45, 7) is 6.30. The van der Waals surface area contributed by atoms with Crippen molar-refractivity contribution in [3.8, 4) is 0 Å². The van der Waals surface area contributed by atoms with E-state index in [4.69, 9.17) is 5.73 Å². The Kier molecular flexibility index (Phi) is 4.48. The number of amides is 1. The molecule has 1 aliphatic rings. The van der Waals surface area contributed by atoms with Crippen LogP contribution in [-0.4, -0.2) is 11.4 Å². The highest BCUT2D eigenvalue weighted by molar-refractivity contribution is 5.93. The minimum atomic E-state index is -0.377. The van der Waals surface area contributed by atoms with Crippen molar-refractivity contribution >= 4 is 11.6 Å². The van der Waals surface area contributed by atoms with E-state index in [0.717, 1.165) is 31.4 Å². The lowest BCUT2D eigenvalue weighted by Crippen LogP contribution is -2.51. The van der Waals surface area contributed by atoms with E-state index < -0.39 is 0 Å². The second-order valence-corrected chi connectivity index (χ2v) is 6.57. The molecular weight excluding hydrogens is 248 g/mol. The molecule has 0 heterocycles. The molecule has 2 atom stereocenters. The standard InChI is InChI=1S/C17H26N2O/c1-12(2)13-7-6-8-14(11-13)19-16(20)15-9-4-5-10-17(15,3)18/h6-8,11-12,15H,4-5,9-10,18H2,1-3H3,(H,19,20). The third-order valence-electron chi connectivity index (χ3n) is 4.39. The topological polar surface area (TPSA) is 55.1 Å². The Hall–Kier alpha value is -1.35. The molecule has 2 unspecified atom stereocenters. The van der Waals surface area contributed by atoms with Crippen LogP contribution in [0, 0.1) is 5.92 Å². The van der Waals surface area contributed by atoms with Gasteiger partial charge < -0.3 is 11.1 Å². The van der Waals surface area contributed by atoms with Crippen molar-refractivity contribution < 1.29 is 4.79 Å². The van der Waals surface area contributed by atoms with Gasteiger partial charge in [-0.15, -0.1) is 0 Å². The summed E-state index contributed by atoms with van der Waals surface area (Å²) in [5.74, 6) is 0.441. The van der Waals surface area contributed by atoms with Crippen molar-refractivity contribution in [1.29, 1.82) is 0 Å². The fraction of sp³-hybridized carbons (Fsp3) is 0.588. The minimum Gasteiger partial charge on any atom is -0.326 e. The van der Waals surface area contributed by atoms with E-state index >= 15 is 0 Å². The van der Waals surface area contributed by atoms with Gasteiger partial charge in [-0.25, -0.2) is 0 Å². The van der Waals surface area contributed by atoms with Gasteiger partial charge in [-0.2, -0.15) is 0 Å². The van der Waals surface area contributed by atoms with Gasteiger partial charge in [0.2, 0.25) is 5.91 Å². The highest BCUT2D eigenvalue weighted by Crippen LogP contribution is 2.32. The van der Waals surface area contributed by atoms with Gasteiger partial charge >= 0.3 is 0 Å². The third-order valence-corrected chi connectivity index (χ3v) is 4.39. The molecule has 3 N–H and O–H groups in total. The average molecular weight is 274 g/mol. The van der Waals surface area contributed by atoms with Crippen LogP contribution in [0.1, 0.15) is 57.9 Å². The molecule has 0 aliphatic heterocycles. The zero-order valence-electron chi connectivity index (χ0n) is 12.8. The number of nitrogens with one attached hydrogen (secondary N) is 1. The maximum Gasteiger partial charge on any atom is 0.229 e. The predicted octanol–water partition coefficient (Wildman–Crippen LogP) is 3.66. The highest BCUT2D eigenvalue weighted by atomic mass is 16.1. The lowest BCUT2D eigenvalue weighted by molar-refractivity contribution is -0.122. The molecule has 0 spiro atoms. The van der Waals surface area contributed by atoms with Crippen LogP contribution in [0.3, 0.4) is 0 Å². The molecule has 3 heteroatoms. The lowest BCUT2D eigenvalue weighted by atomic mass is 9.74. The number of hydrogen-bond donors (Lipinski definition) is 2. The van der Waals surface area contributed by atoms with Gasteiger partial charge in [0.1, 0.15) is 0 Å². The molecule has 1 aliphatic carbocycles. The van der Waals surface area contributed by atoms with E-state index in [9.17, 15) is 4.79 Å². The summed E-state index contributed by atoms with van der Waals surface area (Å²) in [5, 5.41) is 3.04. The van der Waals surface area contributed by atoms with Crippen LogP contribution >= 0.6 is 0 Å². The largest absolute Gasteiger partial charge is 0.326 e. The fourth-order valence-electron chi connectivity index (χ4n) is 2.99. The van der Waals surface area contributed by atoms with Crippen molar-refractivity contribution in [3.63, 3.8) is 0 Å². The minimum absolute atomic E-state index is 0.0654. The molecule has 1 saturated carbocycles. The maximum atomic E-state index is 12.5. The summed E-state index contributed by atoms with van der Waals surface area (Å²) >= 11 is 0. The average Bonchev–Trinajstić information content (AvgIpc) is 2.38. The summed E-state index contributed by atoms with van der Waals surface area (Å²) < 4.78 is 0. The summed E-state index contributed by atoms with van der Waals surface area (Å²) in [4.78, 5) is 12.5. The molecule has 0 radical (unpaired) electrons. The smallest absolute Gasteiger partial charge is 0.229 e. The van der Waals surface area contributed by atoms with E-state index in [1.165, 1.54) is 5.56 Å². The van der Waals surface area contributed by atoms with Gasteiger partial charge in [0.25, 0.3) is 0 Å². The second kappa shape index (κ2) is 5.96. The van der Waals surface area contributed by atoms with Crippen LogP contribution in [0.25, 0.3) is 0 Å². The molecule has 2 rings (SSSR count). The van der Waals surface area contributed by atoms with Gasteiger partial charge in [0, 0.05) is 11.2 Å². The summed E-state index contributed by atoms with van der Waals surface area (Å²) in [5.41, 5.74) is 8.03. The summed E-state index contributed by atoms with van der Waals surface area (Å²) in [6, 6.07) is 8.08. The number of carbonyl (C=O) groups excluding carboxylic acids is 1. The van der Waals surface area contributed by atoms with Crippen LogP contribution in [0.15, 0.2) is 24.3 Å². The van der Waals surface area contributed by atoms with E-state index in [0.29, 0.717) is 5.92 Å². The summed E-state index contributed by atoms with van der Waals surface area (Å²) in [7, 11) is 0.